The third-order valence-corrected chi connectivity index (χ3v) is 3.39. The first-order valence-corrected chi connectivity index (χ1v) is 6.65. The number of nitrogens with two attached hydrogens (primary N) is 1. The van der Waals surface area contributed by atoms with Crippen LogP contribution in [0.2, 0.25) is 0 Å². The van der Waals surface area contributed by atoms with Crippen LogP contribution in [-0.2, 0) is 6.54 Å². The van der Waals surface area contributed by atoms with Gasteiger partial charge >= 0.3 is 0 Å². The van der Waals surface area contributed by atoms with E-state index in [1.165, 1.54) is 30.5 Å². The molecule has 0 spiro atoms. The van der Waals surface area contributed by atoms with Crippen LogP contribution in [0.1, 0.15) is 37.8 Å². The van der Waals surface area contributed by atoms with Crippen LogP contribution in [0.15, 0.2) is 18.2 Å². The summed E-state index contributed by atoms with van der Waals surface area (Å²) in [4.78, 5) is 2.61. The van der Waals surface area contributed by atoms with Crippen molar-refractivity contribution in [2.75, 3.05) is 12.3 Å². The van der Waals surface area contributed by atoms with E-state index in [0.717, 1.165) is 24.2 Å². The molecule has 2 heteroatoms. The van der Waals surface area contributed by atoms with Crippen molar-refractivity contribution in [2.45, 2.75) is 46.2 Å². The molecule has 0 heterocycles. The summed E-state index contributed by atoms with van der Waals surface area (Å²) >= 11 is 0. The van der Waals surface area contributed by atoms with Gasteiger partial charge in [-0.05, 0) is 42.9 Å². The molecule has 94 valence electrons. The van der Waals surface area contributed by atoms with Gasteiger partial charge in [0, 0.05) is 24.8 Å². The quantitative estimate of drug-likeness (QED) is 0.790. The summed E-state index contributed by atoms with van der Waals surface area (Å²) < 4.78 is 0. The van der Waals surface area contributed by atoms with Gasteiger partial charge in [-0.25, -0.2) is 0 Å². The van der Waals surface area contributed by atoms with Gasteiger partial charge in [0.25, 0.3) is 0 Å². The van der Waals surface area contributed by atoms with Crippen LogP contribution >= 0.6 is 0 Å². The molecule has 2 nitrogen and oxygen atoms in total. The Morgan fingerprint density at radius 2 is 2.06 bits per heavy atom. The van der Waals surface area contributed by atoms with E-state index in [0.29, 0.717) is 0 Å². The van der Waals surface area contributed by atoms with Crippen LogP contribution in [0.25, 0.3) is 0 Å². The van der Waals surface area contributed by atoms with E-state index in [-0.39, 0.29) is 0 Å². The smallest absolute Gasteiger partial charge is 0.0346 e. The number of benzene rings is 1. The van der Waals surface area contributed by atoms with Gasteiger partial charge in [-0.3, -0.25) is 4.90 Å². The number of aryl methyl sites for hydroxylation is 1. The maximum Gasteiger partial charge on any atom is 0.0346 e. The van der Waals surface area contributed by atoms with Gasteiger partial charge in [-0.2, -0.15) is 0 Å². The van der Waals surface area contributed by atoms with Crippen molar-refractivity contribution >= 4 is 5.69 Å². The topological polar surface area (TPSA) is 29.3 Å². The minimum absolute atomic E-state index is 0.735. The van der Waals surface area contributed by atoms with Crippen LogP contribution in [0.4, 0.5) is 5.69 Å². The average Bonchev–Trinajstić information content (AvgIpc) is 3.05. The van der Waals surface area contributed by atoms with Crippen LogP contribution in [-0.4, -0.2) is 17.5 Å². The summed E-state index contributed by atoms with van der Waals surface area (Å²) in [6, 6.07) is 7.29. The van der Waals surface area contributed by atoms with Crippen LogP contribution in [0.3, 0.4) is 0 Å². The van der Waals surface area contributed by atoms with E-state index in [9.17, 15) is 0 Å². The summed E-state index contributed by atoms with van der Waals surface area (Å²) in [7, 11) is 0. The number of hydrogen-bond acceptors (Lipinski definition) is 2. The minimum atomic E-state index is 0.735. The molecule has 0 radical (unpaired) electrons. The van der Waals surface area contributed by atoms with Gasteiger partial charge in [-0.15, -0.1) is 0 Å². The lowest BCUT2D eigenvalue weighted by molar-refractivity contribution is 0.226. The number of rotatable bonds is 5. The maximum atomic E-state index is 5.97. The fourth-order valence-corrected chi connectivity index (χ4v) is 2.27. The molecular weight excluding hydrogens is 208 g/mol. The fraction of sp³-hybridized carbons (Fsp3) is 0.600. The molecule has 0 aromatic heterocycles. The predicted octanol–water partition coefficient (Wildman–Crippen LogP) is 3.20. The number of hydrogen-bond donors (Lipinski definition) is 1. The highest BCUT2D eigenvalue weighted by atomic mass is 15.2. The third kappa shape index (κ3) is 3.47. The molecule has 1 aromatic carbocycles. The van der Waals surface area contributed by atoms with Crippen molar-refractivity contribution in [1.29, 1.82) is 0 Å². The molecule has 2 N–H and O–H groups in total. The standard InChI is InChI=1S/C15H24N2/c1-11(2)9-17(14-6-7-14)10-13-5-4-12(3)15(16)8-13/h4-5,8,11,14H,6-7,9-10,16H2,1-3H3. The Bertz CT molecular complexity index is 381. The second-order valence-corrected chi connectivity index (χ2v) is 5.75. The van der Waals surface area contributed by atoms with Gasteiger partial charge < -0.3 is 5.73 Å². The second-order valence-electron chi connectivity index (χ2n) is 5.75. The largest absolute Gasteiger partial charge is 0.399 e. The molecule has 1 aliphatic carbocycles. The second kappa shape index (κ2) is 5.09. The molecule has 17 heavy (non-hydrogen) atoms. The highest BCUT2D eigenvalue weighted by Crippen LogP contribution is 2.29. The molecule has 0 saturated heterocycles. The summed E-state index contributed by atoms with van der Waals surface area (Å²) in [6.45, 7) is 8.88. The SMILES string of the molecule is Cc1ccc(CN(CC(C)C)C2CC2)cc1N. The van der Waals surface area contributed by atoms with Gasteiger partial charge in [0.05, 0.1) is 0 Å². The number of nitrogen functional groups attached to an aromatic ring is 1. The summed E-state index contributed by atoms with van der Waals surface area (Å²) in [5, 5.41) is 0. The zero-order chi connectivity index (χ0) is 12.4. The summed E-state index contributed by atoms with van der Waals surface area (Å²) in [6.07, 6.45) is 2.74. The van der Waals surface area contributed by atoms with Crippen molar-refractivity contribution in [2.24, 2.45) is 5.92 Å². The monoisotopic (exact) mass is 232 g/mol. The Balaban J connectivity index is 2.03. The van der Waals surface area contributed by atoms with E-state index in [4.69, 9.17) is 5.73 Å². The highest BCUT2D eigenvalue weighted by Gasteiger charge is 2.29. The van der Waals surface area contributed by atoms with Crippen LogP contribution in [0.5, 0.6) is 0 Å². The van der Waals surface area contributed by atoms with Gasteiger partial charge in [0.2, 0.25) is 0 Å². The summed E-state index contributed by atoms with van der Waals surface area (Å²) in [5.74, 6) is 0.735. The molecule has 1 aromatic rings. The van der Waals surface area contributed by atoms with E-state index in [1.807, 2.05) is 0 Å². The van der Waals surface area contributed by atoms with Crippen molar-refractivity contribution in [3.05, 3.63) is 29.3 Å². The Morgan fingerprint density at radius 3 is 2.59 bits per heavy atom. The molecule has 1 fully saturated rings. The molecule has 0 unspecified atom stereocenters. The first-order valence-electron chi connectivity index (χ1n) is 6.65. The van der Waals surface area contributed by atoms with Gasteiger partial charge in [-0.1, -0.05) is 26.0 Å². The highest BCUT2D eigenvalue weighted by molar-refractivity contribution is 5.48. The molecular formula is C15H24N2. The van der Waals surface area contributed by atoms with Gasteiger partial charge in [0.1, 0.15) is 0 Å². The zero-order valence-electron chi connectivity index (χ0n) is 11.2. The van der Waals surface area contributed by atoms with Crippen molar-refractivity contribution < 1.29 is 0 Å². The third-order valence-electron chi connectivity index (χ3n) is 3.39. The molecule has 2 rings (SSSR count). The Hall–Kier alpha value is -1.02. The van der Waals surface area contributed by atoms with Crippen molar-refractivity contribution in [3.8, 4) is 0 Å². The first kappa shape index (κ1) is 12.4. The Morgan fingerprint density at radius 1 is 1.35 bits per heavy atom. The lowest BCUT2D eigenvalue weighted by Gasteiger charge is -2.24. The predicted molar refractivity (Wildman–Crippen MR) is 73.9 cm³/mol. The maximum absolute atomic E-state index is 5.97. The first-order chi connectivity index (χ1) is 8.06. The number of anilines is 1. The Kier molecular flexibility index (Phi) is 3.72. The van der Waals surface area contributed by atoms with E-state index in [1.54, 1.807) is 0 Å². The molecule has 1 saturated carbocycles. The summed E-state index contributed by atoms with van der Waals surface area (Å²) in [5.41, 5.74) is 9.41. The molecule has 1 aliphatic rings. The normalized spacial score (nSPS) is 15.8. The molecule has 0 atom stereocenters. The van der Waals surface area contributed by atoms with Crippen molar-refractivity contribution in [1.82, 2.24) is 4.90 Å². The molecule has 0 amide bonds. The lowest BCUT2D eigenvalue weighted by atomic mass is 10.1. The zero-order valence-corrected chi connectivity index (χ0v) is 11.2. The van der Waals surface area contributed by atoms with E-state index in [2.05, 4.69) is 43.9 Å². The van der Waals surface area contributed by atoms with Crippen LogP contribution in [0, 0.1) is 12.8 Å². The van der Waals surface area contributed by atoms with Crippen molar-refractivity contribution in [3.63, 3.8) is 0 Å². The average molecular weight is 232 g/mol. The van der Waals surface area contributed by atoms with Gasteiger partial charge in [0.15, 0.2) is 0 Å². The fourth-order valence-electron chi connectivity index (χ4n) is 2.27. The molecule has 0 aliphatic heterocycles. The Labute approximate surface area is 105 Å². The van der Waals surface area contributed by atoms with E-state index >= 15 is 0 Å². The minimum Gasteiger partial charge on any atom is -0.399 e. The molecule has 0 bridgehead atoms. The lowest BCUT2D eigenvalue weighted by Crippen LogP contribution is -2.29. The number of nitrogens with zero attached hydrogens (tertiary/aromatic N) is 1. The van der Waals surface area contributed by atoms with E-state index < -0.39 is 0 Å². The van der Waals surface area contributed by atoms with Crippen LogP contribution < -0.4 is 5.73 Å².